The lowest BCUT2D eigenvalue weighted by Gasteiger charge is -2.16. The summed E-state index contributed by atoms with van der Waals surface area (Å²) in [5.74, 6) is 1.74. The molecule has 2 aromatic carbocycles. The number of ether oxygens (including phenoxy) is 3. The highest BCUT2D eigenvalue weighted by atomic mass is 32.2. The second-order valence-electron chi connectivity index (χ2n) is 4.81. The van der Waals surface area contributed by atoms with Crippen LogP contribution in [0.15, 0.2) is 46.2 Å². The van der Waals surface area contributed by atoms with Gasteiger partial charge in [-0.25, -0.2) is 4.21 Å². The largest absolute Gasteiger partial charge is 0.493 e. The van der Waals surface area contributed by atoms with E-state index in [9.17, 15) is 4.21 Å². The van der Waals surface area contributed by atoms with Crippen LogP contribution < -0.4 is 14.2 Å². The van der Waals surface area contributed by atoms with E-state index in [-0.39, 0.29) is 0 Å². The number of hydrogen-bond acceptors (Lipinski definition) is 5. The van der Waals surface area contributed by atoms with Gasteiger partial charge in [0.2, 0.25) is 5.75 Å². The van der Waals surface area contributed by atoms with E-state index in [0.29, 0.717) is 23.8 Å². The molecule has 7 heteroatoms. The summed E-state index contributed by atoms with van der Waals surface area (Å²) in [7, 11) is 3.56. The molecular weight excluding hydrogens is 334 g/mol. The van der Waals surface area contributed by atoms with Gasteiger partial charge in [-0.1, -0.05) is 12.1 Å². The SMILES string of the molecule is COc1cc(CN2Sc3ccccc3S2=O)cc(OC)c1OC. The maximum Gasteiger partial charge on any atom is 0.203 e. The van der Waals surface area contributed by atoms with Gasteiger partial charge in [-0.15, -0.1) is 0 Å². The fraction of sp³-hybridized carbons (Fsp3) is 0.250. The Hall–Kier alpha value is -1.70. The smallest absolute Gasteiger partial charge is 0.203 e. The molecule has 0 fully saturated rings. The van der Waals surface area contributed by atoms with Gasteiger partial charge in [0.25, 0.3) is 0 Å². The van der Waals surface area contributed by atoms with Gasteiger partial charge in [-0.3, -0.25) is 0 Å². The first kappa shape index (κ1) is 16.2. The number of benzene rings is 2. The first-order chi connectivity index (χ1) is 11.2. The van der Waals surface area contributed by atoms with Crippen molar-refractivity contribution in [1.82, 2.24) is 3.71 Å². The van der Waals surface area contributed by atoms with Crippen molar-refractivity contribution in [1.29, 1.82) is 0 Å². The number of rotatable bonds is 5. The predicted molar refractivity (Wildman–Crippen MR) is 90.3 cm³/mol. The van der Waals surface area contributed by atoms with E-state index in [1.807, 2.05) is 40.1 Å². The minimum Gasteiger partial charge on any atom is -0.493 e. The highest BCUT2D eigenvalue weighted by Crippen LogP contribution is 2.42. The molecule has 0 N–H and O–H groups in total. The quantitative estimate of drug-likeness (QED) is 0.774. The Morgan fingerprint density at radius 1 is 1.04 bits per heavy atom. The van der Waals surface area contributed by atoms with Crippen LogP contribution in [0.4, 0.5) is 0 Å². The first-order valence-electron chi connectivity index (χ1n) is 6.93. The predicted octanol–water partition coefficient (Wildman–Crippen LogP) is 3.26. The van der Waals surface area contributed by atoms with E-state index < -0.39 is 11.0 Å². The van der Waals surface area contributed by atoms with Crippen LogP contribution in [0.25, 0.3) is 0 Å². The number of methoxy groups -OCH3 is 3. The van der Waals surface area contributed by atoms with E-state index in [4.69, 9.17) is 14.2 Å². The summed E-state index contributed by atoms with van der Waals surface area (Å²) in [5.41, 5.74) is 0.938. The van der Waals surface area contributed by atoms with Crippen LogP contribution in [0.1, 0.15) is 5.56 Å². The number of nitrogens with zero attached hydrogens (tertiary/aromatic N) is 1. The van der Waals surface area contributed by atoms with Crippen molar-refractivity contribution < 1.29 is 18.4 Å². The molecule has 0 aromatic heterocycles. The third-order valence-corrected chi connectivity index (χ3v) is 6.33. The van der Waals surface area contributed by atoms with Gasteiger partial charge in [0.15, 0.2) is 11.5 Å². The van der Waals surface area contributed by atoms with Gasteiger partial charge in [0, 0.05) is 11.4 Å². The molecule has 23 heavy (non-hydrogen) atoms. The van der Waals surface area contributed by atoms with E-state index in [0.717, 1.165) is 15.4 Å². The van der Waals surface area contributed by atoms with Crippen LogP contribution in [0.5, 0.6) is 17.2 Å². The molecule has 0 saturated heterocycles. The molecule has 0 radical (unpaired) electrons. The summed E-state index contributed by atoms with van der Waals surface area (Å²) in [4.78, 5) is 1.88. The highest BCUT2D eigenvalue weighted by Gasteiger charge is 2.28. The second-order valence-corrected chi connectivity index (χ2v) is 7.48. The maximum absolute atomic E-state index is 12.6. The summed E-state index contributed by atoms with van der Waals surface area (Å²) in [6, 6.07) is 11.5. The average molecular weight is 351 g/mol. The Morgan fingerprint density at radius 3 is 2.26 bits per heavy atom. The topological polar surface area (TPSA) is 48.0 Å². The van der Waals surface area contributed by atoms with E-state index in [1.165, 1.54) is 11.9 Å². The molecule has 1 aliphatic rings. The van der Waals surface area contributed by atoms with Crippen molar-refractivity contribution >= 4 is 22.9 Å². The van der Waals surface area contributed by atoms with Gasteiger partial charge in [-0.05, 0) is 41.8 Å². The zero-order valence-corrected chi connectivity index (χ0v) is 14.7. The fourth-order valence-corrected chi connectivity index (χ4v) is 5.12. The van der Waals surface area contributed by atoms with Crippen molar-refractivity contribution in [2.45, 2.75) is 16.3 Å². The van der Waals surface area contributed by atoms with Gasteiger partial charge < -0.3 is 14.2 Å². The van der Waals surface area contributed by atoms with E-state index >= 15 is 0 Å². The molecule has 1 heterocycles. The van der Waals surface area contributed by atoms with E-state index in [2.05, 4.69) is 0 Å². The van der Waals surface area contributed by atoms with Crippen LogP contribution in [0.3, 0.4) is 0 Å². The van der Waals surface area contributed by atoms with E-state index in [1.54, 1.807) is 21.3 Å². The molecule has 5 nitrogen and oxygen atoms in total. The molecule has 1 atom stereocenters. The second kappa shape index (κ2) is 6.82. The average Bonchev–Trinajstić information content (AvgIpc) is 2.90. The van der Waals surface area contributed by atoms with Crippen LogP contribution in [0, 0.1) is 0 Å². The standard InChI is InChI=1S/C16H17NO4S2/c1-19-12-8-11(9-13(20-2)16(12)21-3)10-17-22-14-6-4-5-7-15(14)23(17)18/h4-9H,10H2,1-3H3. The van der Waals surface area contributed by atoms with Crippen molar-refractivity contribution in [3.8, 4) is 17.2 Å². The molecule has 0 spiro atoms. The molecule has 0 bridgehead atoms. The first-order valence-corrected chi connectivity index (χ1v) is 8.81. The highest BCUT2D eigenvalue weighted by molar-refractivity contribution is 8.08. The van der Waals surface area contributed by atoms with Crippen molar-refractivity contribution in [2.75, 3.05) is 21.3 Å². The number of hydrogen-bond donors (Lipinski definition) is 0. The third-order valence-electron chi connectivity index (χ3n) is 3.46. The lowest BCUT2D eigenvalue weighted by atomic mass is 10.2. The van der Waals surface area contributed by atoms with Crippen LogP contribution >= 0.6 is 11.9 Å². The summed E-state index contributed by atoms with van der Waals surface area (Å²) in [5, 5.41) is 0. The molecular formula is C16H17NO4S2. The molecule has 3 rings (SSSR count). The maximum atomic E-state index is 12.6. The Balaban J connectivity index is 1.88. The molecule has 0 aliphatic carbocycles. The fourth-order valence-electron chi connectivity index (χ4n) is 2.39. The summed E-state index contributed by atoms with van der Waals surface area (Å²) in [6.07, 6.45) is 0. The van der Waals surface area contributed by atoms with Crippen LogP contribution in [0.2, 0.25) is 0 Å². The molecule has 2 aromatic rings. The minimum absolute atomic E-state index is 0.503. The van der Waals surface area contributed by atoms with Gasteiger partial charge in [-0.2, -0.15) is 3.71 Å². The molecule has 1 unspecified atom stereocenters. The Kier molecular flexibility index (Phi) is 4.79. The van der Waals surface area contributed by atoms with Gasteiger partial charge in [0.05, 0.1) is 26.2 Å². The Morgan fingerprint density at radius 2 is 1.70 bits per heavy atom. The molecule has 122 valence electrons. The normalized spacial score (nSPS) is 16.9. The molecule has 0 saturated carbocycles. The third kappa shape index (κ3) is 3.04. The lowest BCUT2D eigenvalue weighted by Crippen LogP contribution is -2.13. The zero-order valence-electron chi connectivity index (χ0n) is 13.1. The summed E-state index contributed by atoms with van der Waals surface area (Å²) >= 11 is 1.50. The van der Waals surface area contributed by atoms with Crippen molar-refractivity contribution in [2.24, 2.45) is 0 Å². The Labute approximate surface area is 142 Å². The van der Waals surface area contributed by atoms with Crippen molar-refractivity contribution in [3.05, 3.63) is 42.0 Å². The molecule has 0 amide bonds. The van der Waals surface area contributed by atoms with Crippen molar-refractivity contribution in [3.63, 3.8) is 0 Å². The monoisotopic (exact) mass is 351 g/mol. The lowest BCUT2D eigenvalue weighted by molar-refractivity contribution is 0.323. The van der Waals surface area contributed by atoms with Crippen LogP contribution in [-0.4, -0.2) is 29.2 Å². The zero-order chi connectivity index (χ0) is 16.4. The number of fused-ring (bicyclic) bond motifs is 1. The van der Waals surface area contributed by atoms with Gasteiger partial charge in [0.1, 0.15) is 11.0 Å². The summed E-state index contributed by atoms with van der Waals surface area (Å²) < 4.78 is 30.5. The summed E-state index contributed by atoms with van der Waals surface area (Å²) in [6.45, 7) is 0.503. The Bertz CT molecular complexity index is 726. The van der Waals surface area contributed by atoms with Gasteiger partial charge >= 0.3 is 0 Å². The minimum atomic E-state index is -1.18. The molecule has 1 aliphatic heterocycles. The van der Waals surface area contributed by atoms with Crippen LogP contribution in [-0.2, 0) is 17.5 Å².